The molecule has 0 spiro atoms. The van der Waals surface area contributed by atoms with E-state index in [1.54, 1.807) is 0 Å². The topological polar surface area (TPSA) is 75.4 Å². The second-order valence-corrected chi connectivity index (χ2v) is 2.39. The largest absolute Gasteiger partial charge is 0.281 e. The highest BCUT2D eigenvalue weighted by molar-refractivity contribution is 6.01. The third-order valence-electron chi connectivity index (χ3n) is 1.63. The smallest absolute Gasteiger partial charge is 0.229 e. The zero-order valence-electron chi connectivity index (χ0n) is 6.17. The molecule has 0 radical (unpaired) electrons. The summed E-state index contributed by atoms with van der Waals surface area (Å²) in [5.41, 5.74) is 2.39. The first-order chi connectivity index (χ1) is 5.25. The van der Waals surface area contributed by atoms with Crippen LogP contribution in [0, 0.1) is 0 Å². The third-order valence-corrected chi connectivity index (χ3v) is 1.63. The van der Waals surface area contributed by atoms with E-state index in [-0.39, 0.29) is 11.8 Å². The van der Waals surface area contributed by atoms with Gasteiger partial charge < -0.3 is 0 Å². The van der Waals surface area contributed by atoms with E-state index in [1.165, 1.54) is 4.90 Å². The fraction of sp³-hybridized carbons (Fsp3) is 0.667. The van der Waals surface area contributed by atoms with Crippen molar-refractivity contribution in [3.05, 3.63) is 0 Å². The van der Waals surface area contributed by atoms with Crippen LogP contribution in [0.5, 0.6) is 0 Å². The molecule has 5 nitrogen and oxygen atoms in total. The SMILES string of the molecule is NNCCN1C(=O)CCC1=O. The molecule has 5 heteroatoms. The van der Waals surface area contributed by atoms with E-state index in [0.29, 0.717) is 25.9 Å². The molecule has 1 fully saturated rings. The summed E-state index contributed by atoms with van der Waals surface area (Å²) in [7, 11) is 0. The first-order valence-electron chi connectivity index (χ1n) is 3.52. The van der Waals surface area contributed by atoms with Crippen LogP contribution >= 0.6 is 0 Å². The lowest BCUT2D eigenvalue weighted by atomic mass is 10.4. The van der Waals surface area contributed by atoms with Gasteiger partial charge in [-0.15, -0.1) is 0 Å². The molecule has 1 heterocycles. The number of amides is 2. The Balaban J connectivity index is 2.41. The van der Waals surface area contributed by atoms with Gasteiger partial charge in [0.25, 0.3) is 0 Å². The molecule has 2 amide bonds. The molecule has 0 bridgehead atoms. The lowest BCUT2D eigenvalue weighted by Crippen LogP contribution is -2.37. The molecule has 3 N–H and O–H groups in total. The van der Waals surface area contributed by atoms with Crippen molar-refractivity contribution < 1.29 is 9.59 Å². The number of nitrogens with zero attached hydrogens (tertiary/aromatic N) is 1. The molecule has 1 saturated heterocycles. The van der Waals surface area contributed by atoms with Gasteiger partial charge in [0.1, 0.15) is 0 Å². The molecule has 62 valence electrons. The van der Waals surface area contributed by atoms with Crippen LogP contribution in [0.15, 0.2) is 0 Å². The Labute approximate surface area is 64.5 Å². The lowest BCUT2D eigenvalue weighted by Gasteiger charge is -2.12. The third kappa shape index (κ3) is 1.75. The van der Waals surface area contributed by atoms with E-state index < -0.39 is 0 Å². The summed E-state index contributed by atoms with van der Waals surface area (Å²) >= 11 is 0. The first-order valence-corrected chi connectivity index (χ1v) is 3.52. The van der Waals surface area contributed by atoms with Gasteiger partial charge in [-0.1, -0.05) is 0 Å². The predicted octanol–water partition coefficient (Wildman–Crippen LogP) is -1.40. The van der Waals surface area contributed by atoms with Crippen molar-refractivity contribution in [3.63, 3.8) is 0 Å². The molecule has 0 aromatic carbocycles. The Morgan fingerprint density at radius 2 is 1.91 bits per heavy atom. The molecular formula is C6H11N3O2. The molecule has 11 heavy (non-hydrogen) atoms. The fourth-order valence-electron chi connectivity index (χ4n) is 1.05. The van der Waals surface area contributed by atoms with Crippen molar-refractivity contribution in [2.24, 2.45) is 5.84 Å². The summed E-state index contributed by atoms with van der Waals surface area (Å²) in [5, 5.41) is 0. The van der Waals surface area contributed by atoms with Crippen LogP contribution in [0.4, 0.5) is 0 Å². The van der Waals surface area contributed by atoms with E-state index >= 15 is 0 Å². The summed E-state index contributed by atoms with van der Waals surface area (Å²) in [4.78, 5) is 23.1. The quantitative estimate of drug-likeness (QED) is 0.300. The minimum absolute atomic E-state index is 0.0924. The molecule has 1 rings (SSSR count). The van der Waals surface area contributed by atoms with Crippen LogP contribution in [-0.4, -0.2) is 29.8 Å². The van der Waals surface area contributed by atoms with Gasteiger partial charge in [-0.25, -0.2) is 0 Å². The van der Waals surface area contributed by atoms with Gasteiger partial charge in [0.15, 0.2) is 0 Å². The van der Waals surface area contributed by atoms with Gasteiger partial charge in [-0.3, -0.25) is 25.8 Å². The number of carbonyl (C=O) groups excluding carboxylic acids is 2. The maximum Gasteiger partial charge on any atom is 0.229 e. The summed E-state index contributed by atoms with van der Waals surface area (Å²) in [6.07, 6.45) is 0.701. The number of nitrogens with two attached hydrogens (primary N) is 1. The molecule has 0 unspecified atom stereocenters. The molecule has 0 saturated carbocycles. The normalized spacial score (nSPS) is 18.1. The molecular weight excluding hydrogens is 146 g/mol. The second-order valence-electron chi connectivity index (χ2n) is 2.39. The zero-order valence-corrected chi connectivity index (χ0v) is 6.17. The van der Waals surface area contributed by atoms with Gasteiger partial charge in [0.05, 0.1) is 0 Å². The average Bonchev–Trinajstić information content (AvgIpc) is 2.29. The van der Waals surface area contributed by atoms with Crippen LogP contribution < -0.4 is 11.3 Å². The van der Waals surface area contributed by atoms with Gasteiger partial charge in [0.2, 0.25) is 11.8 Å². The van der Waals surface area contributed by atoms with E-state index in [1.807, 2.05) is 0 Å². The first kappa shape index (κ1) is 8.16. The summed E-state index contributed by atoms with van der Waals surface area (Å²) in [6.45, 7) is 0.839. The van der Waals surface area contributed by atoms with Crippen LogP contribution in [0.2, 0.25) is 0 Å². The number of likely N-dealkylation sites (tertiary alicyclic amines) is 1. The number of carbonyl (C=O) groups is 2. The van der Waals surface area contributed by atoms with Crippen molar-refractivity contribution in [2.45, 2.75) is 12.8 Å². The van der Waals surface area contributed by atoms with Crippen molar-refractivity contribution in [2.75, 3.05) is 13.1 Å². The van der Waals surface area contributed by atoms with Crippen molar-refractivity contribution in [1.29, 1.82) is 0 Å². The van der Waals surface area contributed by atoms with Crippen LogP contribution in [0.3, 0.4) is 0 Å². The molecule has 0 aromatic rings. The highest BCUT2D eigenvalue weighted by Gasteiger charge is 2.27. The van der Waals surface area contributed by atoms with Gasteiger partial charge in [-0.2, -0.15) is 0 Å². The lowest BCUT2D eigenvalue weighted by molar-refractivity contribution is -0.138. The number of hydrazine groups is 1. The Morgan fingerprint density at radius 1 is 1.36 bits per heavy atom. The number of hydrogen-bond donors (Lipinski definition) is 2. The molecule has 1 aliphatic rings. The highest BCUT2D eigenvalue weighted by Crippen LogP contribution is 2.09. The Bertz CT molecular complexity index is 165. The molecule has 0 atom stereocenters. The Hall–Kier alpha value is -0.940. The van der Waals surface area contributed by atoms with Gasteiger partial charge in [0, 0.05) is 25.9 Å². The van der Waals surface area contributed by atoms with Crippen molar-refractivity contribution in [3.8, 4) is 0 Å². The zero-order chi connectivity index (χ0) is 8.27. The van der Waals surface area contributed by atoms with Crippen LogP contribution in [-0.2, 0) is 9.59 Å². The van der Waals surface area contributed by atoms with Gasteiger partial charge >= 0.3 is 0 Å². The molecule has 0 aliphatic carbocycles. The fourth-order valence-corrected chi connectivity index (χ4v) is 1.05. The number of rotatable bonds is 3. The number of hydrogen-bond acceptors (Lipinski definition) is 4. The number of nitrogens with one attached hydrogen (secondary N) is 1. The average molecular weight is 157 g/mol. The van der Waals surface area contributed by atoms with E-state index in [9.17, 15) is 9.59 Å². The van der Waals surface area contributed by atoms with E-state index in [4.69, 9.17) is 5.84 Å². The predicted molar refractivity (Wildman–Crippen MR) is 38.1 cm³/mol. The summed E-state index contributed by atoms with van der Waals surface area (Å²) in [6, 6.07) is 0. The monoisotopic (exact) mass is 157 g/mol. The maximum atomic E-state index is 10.9. The Morgan fingerprint density at radius 3 is 2.36 bits per heavy atom. The van der Waals surface area contributed by atoms with Crippen LogP contribution in [0.25, 0.3) is 0 Å². The van der Waals surface area contributed by atoms with E-state index in [0.717, 1.165) is 0 Å². The molecule has 1 aliphatic heterocycles. The summed E-state index contributed by atoms with van der Waals surface area (Å²) < 4.78 is 0. The maximum absolute atomic E-state index is 10.9. The van der Waals surface area contributed by atoms with Crippen molar-refractivity contribution >= 4 is 11.8 Å². The molecule has 0 aromatic heterocycles. The number of imide groups is 1. The summed E-state index contributed by atoms with van der Waals surface area (Å²) in [5.74, 6) is 4.81. The highest BCUT2D eigenvalue weighted by atomic mass is 16.2. The minimum Gasteiger partial charge on any atom is -0.281 e. The van der Waals surface area contributed by atoms with Crippen LogP contribution in [0.1, 0.15) is 12.8 Å². The van der Waals surface area contributed by atoms with E-state index in [2.05, 4.69) is 5.43 Å². The standard InChI is InChI=1S/C6H11N3O2/c7-8-3-4-9-5(10)1-2-6(9)11/h8H,1-4,7H2. The van der Waals surface area contributed by atoms with Gasteiger partial charge in [-0.05, 0) is 0 Å². The second kappa shape index (κ2) is 3.45. The minimum atomic E-state index is -0.0924. The Kier molecular flexibility index (Phi) is 2.56. The van der Waals surface area contributed by atoms with Crippen molar-refractivity contribution in [1.82, 2.24) is 10.3 Å².